The summed E-state index contributed by atoms with van der Waals surface area (Å²) in [5.41, 5.74) is 6.76. The summed E-state index contributed by atoms with van der Waals surface area (Å²) in [7, 11) is 0. The Morgan fingerprint density at radius 2 is 2.00 bits per heavy atom. The number of morpholine rings is 1. The van der Waals surface area contributed by atoms with Crippen LogP contribution in [-0.2, 0) is 11.3 Å². The van der Waals surface area contributed by atoms with Gasteiger partial charge in [-0.3, -0.25) is 10.3 Å². The normalized spacial score (nSPS) is 26.4. The fraction of sp³-hybridized carbons (Fsp3) is 0.733. The number of aromatic nitrogens is 1. The van der Waals surface area contributed by atoms with E-state index in [1.54, 1.807) is 0 Å². The third-order valence-electron chi connectivity index (χ3n) is 4.24. The number of hydrogen-bond acceptors (Lipinski definition) is 7. The number of piperazine rings is 1. The molecule has 0 aliphatic carbocycles. The van der Waals surface area contributed by atoms with E-state index in [1.807, 2.05) is 4.90 Å². The van der Waals surface area contributed by atoms with Crippen LogP contribution in [-0.4, -0.2) is 72.1 Å². The lowest BCUT2D eigenvalue weighted by Crippen LogP contribution is -2.53. The Hall–Kier alpha value is -1.22. The van der Waals surface area contributed by atoms with Gasteiger partial charge in [0.2, 0.25) is 0 Å². The van der Waals surface area contributed by atoms with Gasteiger partial charge in [-0.05, 0) is 13.8 Å². The molecule has 0 radical (unpaired) electrons. The maximum Gasteiger partial charge on any atom is 0.150 e. The first-order valence-corrected chi connectivity index (χ1v) is 8.99. The van der Waals surface area contributed by atoms with E-state index in [9.17, 15) is 0 Å². The molecule has 0 spiro atoms. The van der Waals surface area contributed by atoms with Crippen molar-refractivity contribution in [2.24, 2.45) is 0 Å². The number of rotatable bonds is 3. The van der Waals surface area contributed by atoms with Gasteiger partial charge in [-0.15, -0.1) is 0 Å². The van der Waals surface area contributed by atoms with E-state index in [1.165, 1.54) is 11.3 Å². The molecule has 2 atom stereocenters. The molecule has 4 N–H and O–H groups in total. The van der Waals surface area contributed by atoms with Crippen LogP contribution in [0.4, 0.5) is 5.00 Å². The first-order valence-electron chi connectivity index (χ1n) is 8.18. The first-order chi connectivity index (χ1) is 11.0. The van der Waals surface area contributed by atoms with E-state index >= 15 is 0 Å². The number of anilines is 1. The predicted octanol–water partition coefficient (Wildman–Crippen LogP) is 0.565. The number of hydrogen-bond donors (Lipinski definition) is 3. The number of nitrogens with two attached hydrogens (primary N) is 1. The Labute approximate surface area is 141 Å². The van der Waals surface area contributed by atoms with Crippen molar-refractivity contribution in [2.45, 2.75) is 32.5 Å². The topological polar surface area (TPSA) is 90.5 Å². The smallest absolute Gasteiger partial charge is 0.150 e. The fourth-order valence-electron chi connectivity index (χ4n) is 3.31. The Balaban J connectivity index is 1.67. The molecule has 2 aliphatic rings. The van der Waals surface area contributed by atoms with Gasteiger partial charge in [0.15, 0.2) is 0 Å². The molecular formula is C15H26N6OS. The summed E-state index contributed by atoms with van der Waals surface area (Å²) < 4.78 is 5.34. The lowest BCUT2D eigenvalue weighted by atomic mass is 10.1. The molecule has 1 aromatic heterocycles. The highest BCUT2D eigenvalue weighted by Gasteiger charge is 2.24. The highest BCUT2D eigenvalue weighted by Crippen LogP contribution is 2.24. The number of nitrogens with one attached hydrogen (secondary N) is 2. The van der Waals surface area contributed by atoms with Gasteiger partial charge in [-0.25, -0.2) is 4.98 Å². The third kappa shape index (κ3) is 4.00. The van der Waals surface area contributed by atoms with Crippen molar-refractivity contribution < 1.29 is 4.74 Å². The molecule has 3 rings (SSSR count). The number of nitrogens with zero attached hydrogens (tertiary/aromatic N) is 3. The number of thiazole rings is 1. The van der Waals surface area contributed by atoms with Gasteiger partial charge < -0.3 is 20.7 Å². The molecular weight excluding hydrogens is 312 g/mol. The maximum absolute atomic E-state index is 8.37. The number of ether oxygens (including phenoxy) is 1. The summed E-state index contributed by atoms with van der Waals surface area (Å²) in [5.74, 6) is 0.426. The highest BCUT2D eigenvalue weighted by atomic mass is 32.1. The first kappa shape index (κ1) is 16.6. The van der Waals surface area contributed by atoms with Gasteiger partial charge in [0, 0.05) is 38.3 Å². The van der Waals surface area contributed by atoms with Gasteiger partial charge in [0.05, 0.1) is 19.8 Å². The second-order valence-corrected chi connectivity index (χ2v) is 7.55. The van der Waals surface area contributed by atoms with Crippen LogP contribution in [0.15, 0.2) is 0 Å². The highest BCUT2D eigenvalue weighted by molar-refractivity contribution is 7.15. The molecule has 23 heavy (non-hydrogen) atoms. The number of amidine groups is 1. The Morgan fingerprint density at radius 1 is 1.35 bits per heavy atom. The van der Waals surface area contributed by atoms with E-state index in [0.717, 1.165) is 37.7 Å². The third-order valence-corrected chi connectivity index (χ3v) is 5.11. The summed E-state index contributed by atoms with van der Waals surface area (Å²) in [6.07, 6.45) is 0. The van der Waals surface area contributed by atoms with Crippen LogP contribution in [0.5, 0.6) is 0 Å². The van der Waals surface area contributed by atoms with Crippen molar-refractivity contribution in [3.63, 3.8) is 0 Å². The summed E-state index contributed by atoms with van der Waals surface area (Å²) in [6, 6.07) is 0.976. The molecule has 0 aromatic carbocycles. The minimum atomic E-state index is 0.426. The molecule has 128 valence electrons. The van der Waals surface area contributed by atoms with Crippen molar-refractivity contribution >= 4 is 22.2 Å². The molecule has 8 heteroatoms. The van der Waals surface area contributed by atoms with Gasteiger partial charge in [-0.1, -0.05) is 11.3 Å². The quantitative estimate of drug-likeness (QED) is 0.551. The zero-order valence-corrected chi connectivity index (χ0v) is 14.7. The average Bonchev–Trinajstić information content (AvgIpc) is 2.87. The van der Waals surface area contributed by atoms with Gasteiger partial charge >= 0.3 is 0 Å². The largest absolute Gasteiger partial charge is 0.389 e. The van der Waals surface area contributed by atoms with Crippen LogP contribution >= 0.6 is 11.3 Å². The van der Waals surface area contributed by atoms with Crippen LogP contribution < -0.4 is 11.1 Å². The summed E-state index contributed by atoms with van der Waals surface area (Å²) in [6.45, 7) is 10.0. The minimum Gasteiger partial charge on any atom is -0.389 e. The molecule has 0 amide bonds. The molecule has 3 heterocycles. The van der Waals surface area contributed by atoms with Crippen LogP contribution in [0.25, 0.3) is 0 Å². The van der Waals surface area contributed by atoms with Gasteiger partial charge in [-0.2, -0.15) is 0 Å². The summed E-state index contributed by atoms with van der Waals surface area (Å²) >= 11 is 1.51. The second kappa shape index (κ2) is 7.12. The average molecular weight is 338 g/mol. The fourth-order valence-corrected chi connectivity index (χ4v) is 4.19. The molecule has 0 saturated carbocycles. The Bertz CT molecular complexity index is 546. The van der Waals surface area contributed by atoms with E-state index in [0.29, 0.717) is 41.8 Å². The molecule has 2 saturated heterocycles. The van der Waals surface area contributed by atoms with E-state index in [2.05, 4.69) is 29.0 Å². The molecule has 2 aliphatic heterocycles. The standard InChI is InChI=1S/C15H26N6OS/c1-10-7-20(8-11(2)18-10)9-12-19-13(15(17)23-12)14(16)21-3-5-22-6-4-21/h10-11,16,18H,3-9,17H2,1-2H3/t10-,11+. The molecule has 0 unspecified atom stereocenters. The van der Waals surface area contributed by atoms with Crippen molar-refractivity contribution in [3.05, 3.63) is 10.7 Å². The van der Waals surface area contributed by atoms with Crippen molar-refractivity contribution in [1.82, 2.24) is 20.1 Å². The molecule has 1 aromatic rings. The van der Waals surface area contributed by atoms with Crippen LogP contribution in [0, 0.1) is 5.41 Å². The number of nitrogen functional groups attached to an aromatic ring is 1. The molecule has 7 nitrogen and oxygen atoms in total. The Kier molecular flexibility index (Phi) is 5.15. The lowest BCUT2D eigenvalue weighted by Gasteiger charge is -2.35. The molecule has 0 bridgehead atoms. The van der Waals surface area contributed by atoms with E-state index < -0.39 is 0 Å². The maximum atomic E-state index is 8.37. The van der Waals surface area contributed by atoms with Crippen LogP contribution in [0.2, 0.25) is 0 Å². The van der Waals surface area contributed by atoms with Gasteiger partial charge in [0.25, 0.3) is 0 Å². The van der Waals surface area contributed by atoms with Gasteiger partial charge in [0.1, 0.15) is 21.5 Å². The van der Waals surface area contributed by atoms with Crippen molar-refractivity contribution in [1.29, 1.82) is 5.41 Å². The molecule has 2 fully saturated rings. The van der Waals surface area contributed by atoms with Crippen LogP contribution in [0.1, 0.15) is 24.5 Å². The zero-order chi connectivity index (χ0) is 16.4. The summed E-state index contributed by atoms with van der Waals surface area (Å²) in [5, 5.41) is 13.6. The predicted molar refractivity (Wildman–Crippen MR) is 93.1 cm³/mol. The zero-order valence-electron chi connectivity index (χ0n) is 13.8. The monoisotopic (exact) mass is 338 g/mol. The minimum absolute atomic E-state index is 0.426. The SMILES string of the molecule is C[C@@H]1CN(Cc2nc(C(=N)N3CCOCC3)c(N)s2)C[C@H](C)N1. The second-order valence-electron chi connectivity index (χ2n) is 6.43. The summed E-state index contributed by atoms with van der Waals surface area (Å²) in [4.78, 5) is 9.06. The van der Waals surface area contributed by atoms with Crippen molar-refractivity contribution in [3.8, 4) is 0 Å². The van der Waals surface area contributed by atoms with E-state index in [4.69, 9.17) is 15.9 Å². The lowest BCUT2D eigenvalue weighted by molar-refractivity contribution is 0.0679. The van der Waals surface area contributed by atoms with Crippen molar-refractivity contribution in [2.75, 3.05) is 45.1 Å². The van der Waals surface area contributed by atoms with Crippen LogP contribution in [0.3, 0.4) is 0 Å². The van der Waals surface area contributed by atoms with E-state index in [-0.39, 0.29) is 0 Å². The Morgan fingerprint density at radius 3 is 2.65 bits per heavy atom.